The van der Waals surface area contributed by atoms with Crippen LogP contribution in [0.15, 0.2) is 23.6 Å². The Hall–Kier alpha value is 0.692. The van der Waals surface area contributed by atoms with Gasteiger partial charge in [0.25, 0.3) is 8.32 Å². The van der Waals surface area contributed by atoms with Gasteiger partial charge in [-0.15, -0.1) is 0 Å². The number of rotatable bonds is 39. The van der Waals surface area contributed by atoms with Gasteiger partial charge in [0.1, 0.15) is 6.23 Å². The Morgan fingerprint density at radius 3 is 1.58 bits per heavy atom. The molecule has 0 aliphatic heterocycles. The molecule has 0 radical (unpaired) electrons. The molecule has 1 rings (SSSR count). The molecule has 0 amide bonds. The van der Waals surface area contributed by atoms with E-state index in [9.17, 15) is 0 Å². The molecule has 1 aliphatic carbocycles. The molecule has 428 valence electrons. The zero-order chi connectivity index (χ0) is 56.3. The fourth-order valence-corrected chi connectivity index (χ4v) is 50.7. The molecule has 0 aromatic heterocycles. The van der Waals surface area contributed by atoms with Crippen LogP contribution in [0.5, 0.6) is 0 Å². The molecule has 0 aromatic rings. The highest BCUT2D eigenvalue weighted by Crippen LogP contribution is 2.52. The minimum absolute atomic E-state index is 0.0969. The molecule has 11 nitrogen and oxygen atoms in total. The van der Waals surface area contributed by atoms with Crippen molar-refractivity contribution in [1.29, 1.82) is 0 Å². The summed E-state index contributed by atoms with van der Waals surface area (Å²) in [7, 11) is -11.4. The molecule has 1 saturated carbocycles. The highest BCUT2D eigenvalue weighted by Gasteiger charge is 2.55. The normalized spacial score (nSPS) is 19.2. The fourth-order valence-electron chi connectivity index (χ4n) is 10.1. The molecule has 1 aliphatic rings. The van der Waals surface area contributed by atoms with Crippen molar-refractivity contribution in [2.24, 2.45) is 0 Å². The number of nitrogens with zero attached hydrogens (tertiary/aromatic N) is 1. The molecule has 22 heteroatoms. The summed E-state index contributed by atoms with van der Waals surface area (Å²) in [6.07, 6.45) is 6.77. The standard InChI is InChI=1S/C50H113F2NO10Si9/c1-28-47(60-68(24,25)48(7,29-2)34-36-65(18,19)62-66(20,21)40-42-71(54-12,55-13)58-31-4)44(5)69(26,37-35-49(8,51)52)61-50(9,30-3)64(16,17)38-39-67(22,23)63-70(27,46-32-33-46)41-43-72(56-14,57-15)59-45(6)53(10)11/h28,45-46H,5,29-43H2,1-4,6-27H3. The van der Waals surface area contributed by atoms with E-state index in [1.54, 1.807) is 28.4 Å². The highest BCUT2D eigenvalue weighted by atomic mass is 28.4. The molecule has 1 fully saturated rings. The third-order valence-electron chi connectivity index (χ3n) is 17.2. The summed E-state index contributed by atoms with van der Waals surface area (Å²) in [6, 6.07) is 6.61. The van der Waals surface area contributed by atoms with Crippen molar-refractivity contribution in [2.75, 3.05) is 49.1 Å². The third kappa shape index (κ3) is 20.7. The van der Waals surface area contributed by atoms with Crippen LogP contribution < -0.4 is 0 Å². The molecule has 0 bridgehead atoms. The molecule has 0 spiro atoms. The Balaban J connectivity index is 3.45. The summed E-state index contributed by atoms with van der Waals surface area (Å²) in [5.74, 6) is -2.12. The van der Waals surface area contributed by atoms with Gasteiger partial charge in [-0.2, -0.15) is 0 Å². The van der Waals surface area contributed by atoms with Gasteiger partial charge in [0.05, 0.1) is 13.8 Å². The molecule has 72 heavy (non-hydrogen) atoms. The maximum atomic E-state index is 15.0. The van der Waals surface area contributed by atoms with Gasteiger partial charge in [-0.1, -0.05) is 59.3 Å². The van der Waals surface area contributed by atoms with E-state index in [4.69, 9.17) is 50.2 Å². The second-order valence-electron chi connectivity index (χ2n) is 25.4. The van der Waals surface area contributed by atoms with Crippen molar-refractivity contribution in [3.63, 3.8) is 0 Å². The van der Waals surface area contributed by atoms with E-state index in [0.717, 1.165) is 79.5 Å². The van der Waals surface area contributed by atoms with Crippen molar-refractivity contribution < 1.29 is 52.4 Å². The molecule has 0 N–H and O–H groups in total. The van der Waals surface area contributed by atoms with Crippen LogP contribution in [0.25, 0.3) is 0 Å². The van der Waals surface area contributed by atoms with Gasteiger partial charge in [0.15, 0.2) is 33.3 Å². The number of allylic oxidation sites excluding steroid dienone is 2. The lowest BCUT2D eigenvalue weighted by Crippen LogP contribution is -2.60. The first kappa shape index (κ1) is 70.7. The first-order valence-electron chi connectivity index (χ1n) is 27.3. The number of alkyl halides is 2. The molecular formula is C50H113F2NO10Si9. The Labute approximate surface area is 451 Å². The smallest absolute Gasteiger partial charge is 0.501 e. The van der Waals surface area contributed by atoms with E-state index in [0.29, 0.717) is 12.1 Å². The Morgan fingerprint density at radius 2 is 1.15 bits per heavy atom. The Bertz CT molecular complexity index is 1700. The van der Waals surface area contributed by atoms with E-state index in [1.165, 1.54) is 12.8 Å². The maximum absolute atomic E-state index is 15.0. The lowest BCUT2D eigenvalue weighted by molar-refractivity contribution is -0.000777. The van der Waals surface area contributed by atoms with Crippen molar-refractivity contribution in [3.8, 4) is 0 Å². The number of hydrogen-bond acceptors (Lipinski definition) is 11. The zero-order valence-corrected chi connectivity index (χ0v) is 60.3. The summed E-state index contributed by atoms with van der Waals surface area (Å²) in [6.45, 7) is 49.7. The van der Waals surface area contributed by atoms with Crippen LogP contribution in [0, 0.1) is 0 Å². The summed E-state index contributed by atoms with van der Waals surface area (Å²) in [5.41, 5.74) is 0.630. The monoisotopic (exact) mass is 1180 g/mol. The van der Waals surface area contributed by atoms with Gasteiger partial charge >= 0.3 is 17.6 Å². The average Bonchev–Trinajstić information content (AvgIpc) is 4.15. The van der Waals surface area contributed by atoms with Gasteiger partial charge in [-0.3, -0.25) is 4.90 Å². The summed E-state index contributed by atoms with van der Waals surface area (Å²) in [5, 5.41) is 0.184. The van der Waals surface area contributed by atoms with E-state index in [1.807, 2.05) is 45.8 Å². The van der Waals surface area contributed by atoms with E-state index >= 15 is 8.78 Å². The quantitative estimate of drug-likeness (QED) is 0.0255. The van der Waals surface area contributed by atoms with Crippen LogP contribution >= 0.6 is 0 Å². The van der Waals surface area contributed by atoms with Gasteiger partial charge in [0, 0.05) is 64.0 Å². The zero-order valence-electron chi connectivity index (χ0n) is 51.3. The summed E-state index contributed by atoms with van der Waals surface area (Å²) >= 11 is 0. The summed E-state index contributed by atoms with van der Waals surface area (Å²) < 4.78 is 96.1. The predicted molar refractivity (Wildman–Crippen MR) is 322 cm³/mol. The fraction of sp³-hybridized carbons (Fsp3) is 0.920. The van der Waals surface area contributed by atoms with E-state index in [2.05, 4.69) is 106 Å². The van der Waals surface area contributed by atoms with Crippen LogP contribution in [0.1, 0.15) is 93.9 Å². The van der Waals surface area contributed by atoms with E-state index in [-0.39, 0.29) is 23.7 Å². The lowest BCUT2D eigenvalue weighted by Gasteiger charge is -2.50. The molecule has 0 heterocycles. The number of halogens is 2. The van der Waals surface area contributed by atoms with Crippen molar-refractivity contribution in [3.05, 3.63) is 23.6 Å². The van der Waals surface area contributed by atoms with Crippen LogP contribution in [0.3, 0.4) is 0 Å². The minimum Gasteiger partial charge on any atom is -0.544 e. The molecular weight excluding hydrogens is 1070 g/mol. The Kier molecular flexibility index (Phi) is 27.2. The average molecular weight is 1180 g/mol. The van der Waals surface area contributed by atoms with Gasteiger partial charge in [-0.25, -0.2) is 8.78 Å². The van der Waals surface area contributed by atoms with Gasteiger partial charge in [-0.05, 0) is 180 Å². The van der Waals surface area contributed by atoms with Crippen LogP contribution in [-0.4, -0.2) is 147 Å². The molecule has 5 atom stereocenters. The van der Waals surface area contributed by atoms with Gasteiger partial charge in [0.2, 0.25) is 14.2 Å². The highest BCUT2D eigenvalue weighted by molar-refractivity contribution is 6.89. The topological polar surface area (TPSA) is 95.5 Å². The first-order valence-corrected chi connectivity index (χ1v) is 51.9. The minimum atomic E-state index is -3.16. The van der Waals surface area contributed by atoms with Gasteiger partial charge < -0.3 is 43.6 Å². The van der Waals surface area contributed by atoms with Crippen molar-refractivity contribution >= 4 is 75.6 Å². The summed E-state index contributed by atoms with van der Waals surface area (Å²) in [4.78, 5) is 2.04. The SMILES string of the molecule is C=C(C(=CC)O[Si](C)(C)C(C)(CC)CC[Si](C)(C)O[Si](C)(C)CC[Si](OC)(OC)OCC)[Si](C)(CCC(C)(F)F)OC(C)(CC)[Si](C)(C)CC[Si](C)(C)O[Si](C)(CC[Si](OC)(OC)OC(C)N(C)C)C1CC1. The third-order valence-corrected chi connectivity index (χ3v) is 53.6. The first-order chi connectivity index (χ1) is 32.6. The lowest BCUT2D eigenvalue weighted by atomic mass is 10.1. The molecule has 5 unspecified atom stereocenters. The number of hydrogen-bond donors (Lipinski definition) is 0. The maximum Gasteiger partial charge on any atom is 0.501 e. The van der Waals surface area contributed by atoms with Crippen LogP contribution in [0.4, 0.5) is 8.78 Å². The Morgan fingerprint density at radius 1 is 0.667 bits per heavy atom. The van der Waals surface area contributed by atoms with E-state index < -0.39 is 86.7 Å². The van der Waals surface area contributed by atoms with Crippen LogP contribution in [0.2, 0.25) is 137 Å². The van der Waals surface area contributed by atoms with Crippen molar-refractivity contribution in [2.45, 2.75) is 249 Å². The van der Waals surface area contributed by atoms with Crippen LogP contribution in [-0.2, 0) is 43.6 Å². The molecule has 0 saturated heterocycles. The predicted octanol–water partition coefficient (Wildman–Crippen LogP) is 15.6. The molecule has 0 aromatic carbocycles. The largest absolute Gasteiger partial charge is 0.544 e. The second kappa shape index (κ2) is 27.7. The second-order valence-corrected chi connectivity index (χ2v) is 62.4. The van der Waals surface area contributed by atoms with Crippen molar-refractivity contribution in [1.82, 2.24) is 4.90 Å².